The van der Waals surface area contributed by atoms with Crippen LogP contribution >= 0.6 is 0 Å². The molecule has 0 saturated carbocycles. The number of hydrogen-bond donors (Lipinski definition) is 1. The minimum Gasteiger partial charge on any atom is -0.314 e. The molecule has 0 radical (unpaired) electrons. The monoisotopic (exact) mass is 198 g/mol. The highest BCUT2D eigenvalue weighted by molar-refractivity contribution is 4.76. The van der Waals surface area contributed by atoms with E-state index in [1.165, 1.54) is 32.5 Å². The molecule has 0 aromatic heterocycles. The first kappa shape index (κ1) is 12.0. The first-order valence-electron chi connectivity index (χ1n) is 6.07. The van der Waals surface area contributed by atoms with Crippen LogP contribution in [0.15, 0.2) is 0 Å². The van der Waals surface area contributed by atoms with Crippen LogP contribution in [0.2, 0.25) is 0 Å². The fourth-order valence-electron chi connectivity index (χ4n) is 2.08. The summed E-state index contributed by atoms with van der Waals surface area (Å²) in [4.78, 5) is 2.59. The molecular formula is C12H26N2. The van der Waals surface area contributed by atoms with Gasteiger partial charge in [-0.25, -0.2) is 0 Å². The zero-order chi connectivity index (χ0) is 10.6. The molecule has 2 heteroatoms. The lowest BCUT2D eigenvalue weighted by Gasteiger charge is -2.34. The van der Waals surface area contributed by atoms with Gasteiger partial charge in [-0.15, -0.1) is 0 Å². The lowest BCUT2D eigenvalue weighted by molar-refractivity contribution is 0.147. The molecule has 0 bridgehead atoms. The van der Waals surface area contributed by atoms with Crippen LogP contribution in [0.25, 0.3) is 0 Å². The van der Waals surface area contributed by atoms with Crippen LogP contribution in [0, 0.1) is 5.92 Å². The Bertz CT molecular complexity index is 146. The van der Waals surface area contributed by atoms with Gasteiger partial charge in [-0.3, -0.25) is 0 Å². The summed E-state index contributed by atoms with van der Waals surface area (Å²) in [5.74, 6) is 0.910. The maximum Gasteiger partial charge on any atom is 0.00385 e. The third kappa shape index (κ3) is 3.97. The predicted octanol–water partition coefficient (Wildman–Crippen LogP) is 2.10. The summed E-state index contributed by atoms with van der Waals surface area (Å²) in [7, 11) is 0. The van der Waals surface area contributed by atoms with Crippen molar-refractivity contribution in [1.29, 1.82) is 0 Å². The molecule has 1 heterocycles. The van der Waals surface area contributed by atoms with Gasteiger partial charge in [-0.05, 0) is 52.2 Å². The average molecular weight is 198 g/mol. The number of nitrogens with one attached hydrogen (secondary N) is 1. The molecule has 1 rings (SSSR count). The smallest absolute Gasteiger partial charge is 0.00385 e. The molecule has 0 aliphatic carbocycles. The Balaban J connectivity index is 2.16. The molecule has 0 aromatic rings. The summed E-state index contributed by atoms with van der Waals surface area (Å²) in [6.45, 7) is 12.8. The molecule has 0 aromatic carbocycles. The number of likely N-dealkylation sites (tertiary alicyclic amines) is 1. The SMILES string of the molecule is CC(C)NCC1CCN(C(C)C)CC1. The molecule has 1 saturated heterocycles. The molecule has 0 atom stereocenters. The topological polar surface area (TPSA) is 15.3 Å². The van der Waals surface area contributed by atoms with Gasteiger partial charge >= 0.3 is 0 Å². The van der Waals surface area contributed by atoms with Gasteiger partial charge in [0.05, 0.1) is 0 Å². The largest absolute Gasteiger partial charge is 0.314 e. The molecule has 1 aliphatic rings. The van der Waals surface area contributed by atoms with Gasteiger partial charge in [-0.2, -0.15) is 0 Å². The van der Waals surface area contributed by atoms with E-state index in [0.29, 0.717) is 6.04 Å². The molecular weight excluding hydrogens is 172 g/mol. The zero-order valence-electron chi connectivity index (χ0n) is 10.2. The zero-order valence-corrected chi connectivity index (χ0v) is 10.2. The fraction of sp³-hybridized carbons (Fsp3) is 1.00. The first-order chi connectivity index (χ1) is 6.59. The van der Waals surface area contributed by atoms with E-state index < -0.39 is 0 Å². The summed E-state index contributed by atoms with van der Waals surface area (Å²) in [6.07, 6.45) is 2.75. The van der Waals surface area contributed by atoms with Crippen molar-refractivity contribution in [3.8, 4) is 0 Å². The van der Waals surface area contributed by atoms with E-state index in [9.17, 15) is 0 Å². The summed E-state index contributed by atoms with van der Waals surface area (Å²) in [6, 6.07) is 1.37. The van der Waals surface area contributed by atoms with Crippen molar-refractivity contribution < 1.29 is 0 Å². The summed E-state index contributed by atoms with van der Waals surface area (Å²) < 4.78 is 0. The average Bonchev–Trinajstić information content (AvgIpc) is 2.15. The van der Waals surface area contributed by atoms with Gasteiger partial charge in [-0.1, -0.05) is 13.8 Å². The molecule has 1 aliphatic heterocycles. The van der Waals surface area contributed by atoms with E-state index in [-0.39, 0.29) is 0 Å². The highest BCUT2D eigenvalue weighted by atomic mass is 15.1. The van der Waals surface area contributed by atoms with E-state index in [4.69, 9.17) is 0 Å². The quantitative estimate of drug-likeness (QED) is 0.744. The number of rotatable bonds is 4. The maximum absolute atomic E-state index is 3.54. The second-order valence-corrected chi connectivity index (χ2v) is 5.14. The van der Waals surface area contributed by atoms with E-state index in [2.05, 4.69) is 37.9 Å². The van der Waals surface area contributed by atoms with Gasteiger partial charge in [0.15, 0.2) is 0 Å². The second kappa shape index (κ2) is 5.72. The van der Waals surface area contributed by atoms with Crippen molar-refractivity contribution >= 4 is 0 Å². The molecule has 1 fully saturated rings. The molecule has 0 spiro atoms. The van der Waals surface area contributed by atoms with Crippen molar-refractivity contribution in [3.63, 3.8) is 0 Å². The van der Waals surface area contributed by atoms with E-state index in [1.54, 1.807) is 0 Å². The Kier molecular flexibility index (Phi) is 4.90. The van der Waals surface area contributed by atoms with Crippen molar-refractivity contribution in [2.75, 3.05) is 19.6 Å². The third-order valence-corrected chi connectivity index (χ3v) is 3.19. The van der Waals surface area contributed by atoms with E-state index >= 15 is 0 Å². The van der Waals surface area contributed by atoms with E-state index in [0.717, 1.165) is 12.0 Å². The van der Waals surface area contributed by atoms with Crippen molar-refractivity contribution in [2.45, 2.75) is 52.6 Å². The normalized spacial score (nSPS) is 21.0. The van der Waals surface area contributed by atoms with Gasteiger partial charge in [0.25, 0.3) is 0 Å². The predicted molar refractivity (Wildman–Crippen MR) is 62.6 cm³/mol. The van der Waals surface area contributed by atoms with Crippen LogP contribution in [0.3, 0.4) is 0 Å². The maximum atomic E-state index is 3.54. The Hall–Kier alpha value is -0.0800. The molecule has 0 amide bonds. The van der Waals surface area contributed by atoms with Gasteiger partial charge in [0, 0.05) is 12.1 Å². The van der Waals surface area contributed by atoms with Crippen molar-refractivity contribution in [3.05, 3.63) is 0 Å². The Morgan fingerprint density at radius 3 is 2.14 bits per heavy atom. The van der Waals surface area contributed by atoms with Crippen LogP contribution in [0.1, 0.15) is 40.5 Å². The Labute approximate surface area is 89.1 Å². The van der Waals surface area contributed by atoms with Crippen LogP contribution in [-0.4, -0.2) is 36.6 Å². The standard InChI is InChI=1S/C12H26N2/c1-10(2)13-9-12-5-7-14(8-6-12)11(3)4/h10-13H,5-9H2,1-4H3. The number of nitrogens with zero attached hydrogens (tertiary/aromatic N) is 1. The Morgan fingerprint density at radius 2 is 1.71 bits per heavy atom. The molecule has 2 nitrogen and oxygen atoms in total. The molecule has 84 valence electrons. The summed E-state index contributed by atoms with van der Waals surface area (Å²) in [5.41, 5.74) is 0. The van der Waals surface area contributed by atoms with Gasteiger partial charge < -0.3 is 10.2 Å². The van der Waals surface area contributed by atoms with Gasteiger partial charge in [0.2, 0.25) is 0 Å². The molecule has 14 heavy (non-hydrogen) atoms. The van der Waals surface area contributed by atoms with E-state index in [1.807, 2.05) is 0 Å². The van der Waals surface area contributed by atoms with Crippen molar-refractivity contribution in [2.24, 2.45) is 5.92 Å². The lowest BCUT2D eigenvalue weighted by Crippen LogP contribution is -2.41. The summed E-state index contributed by atoms with van der Waals surface area (Å²) >= 11 is 0. The minimum atomic E-state index is 0.637. The van der Waals surface area contributed by atoms with Crippen LogP contribution in [0.4, 0.5) is 0 Å². The first-order valence-corrected chi connectivity index (χ1v) is 6.07. The second-order valence-electron chi connectivity index (χ2n) is 5.14. The van der Waals surface area contributed by atoms with Gasteiger partial charge in [0.1, 0.15) is 0 Å². The Morgan fingerprint density at radius 1 is 1.14 bits per heavy atom. The fourth-order valence-corrected chi connectivity index (χ4v) is 2.08. The molecule has 1 N–H and O–H groups in total. The van der Waals surface area contributed by atoms with Crippen LogP contribution in [-0.2, 0) is 0 Å². The van der Waals surface area contributed by atoms with Crippen LogP contribution < -0.4 is 5.32 Å². The van der Waals surface area contributed by atoms with Crippen molar-refractivity contribution in [1.82, 2.24) is 10.2 Å². The lowest BCUT2D eigenvalue weighted by atomic mass is 9.96. The number of piperidine rings is 1. The minimum absolute atomic E-state index is 0.637. The van der Waals surface area contributed by atoms with Crippen LogP contribution in [0.5, 0.6) is 0 Å². The summed E-state index contributed by atoms with van der Waals surface area (Å²) in [5, 5.41) is 3.54. The highest BCUT2D eigenvalue weighted by Crippen LogP contribution is 2.18. The molecule has 0 unspecified atom stereocenters. The number of hydrogen-bond acceptors (Lipinski definition) is 2. The highest BCUT2D eigenvalue weighted by Gasteiger charge is 2.20. The third-order valence-electron chi connectivity index (χ3n) is 3.19.